The van der Waals surface area contributed by atoms with Gasteiger partial charge in [0, 0.05) is 18.2 Å². The molecule has 0 aliphatic carbocycles. The summed E-state index contributed by atoms with van der Waals surface area (Å²) in [5.41, 5.74) is 0.497. The van der Waals surface area contributed by atoms with Crippen LogP contribution in [0.25, 0.3) is 0 Å². The molecule has 1 aromatic carbocycles. The molecule has 0 unspecified atom stereocenters. The summed E-state index contributed by atoms with van der Waals surface area (Å²) < 4.78 is 36.0. The number of halogens is 3. The highest BCUT2D eigenvalue weighted by atomic mass is 19.4. The summed E-state index contributed by atoms with van der Waals surface area (Å²) in [6, 6.07) is 4.67. The maximum atomic E-state index is 12.0. The Morgan fingerprint density at radius 1 is 1.37 bits per heavy atom. The summed E-state index contributed by atoms with van der Waals surface area (Å²) in [5.74, 6) is -2.00. The van der Waals surface area contributed by atoms with Crippen molar-refractivity contribution in [2.45, 2.75) is 25.6 Å². The van der Waals surface area contributed by atoms with Crippen LogP contribution in [0.5, 0.6) is 0 Å². The molecule has 0 saturated carbocycles. The van der Waals surface area contributed by atoms with Gasteiger partial charge in [0.05, 0.1) is 4.92 Å². The topological polar surface area (TPSA) is 72.2 Å². The minimum Gasteiger partial charge on any atom is -0.345 e. The Kier molecular flexibility index (Phi) is 4.47. The van der Waals surface area contributed by atoms with Crippen LogP contribution in [0.4, 0.5) is 18.9 Å². The van der Waals surface area contributed by atoms with Crippen LogP contribution in [-0.4, -0.2) is 23.0 Å². The quantitative estimate of drug-likeness (QED) is 0.677. The summed E-state index contributed by atoms with van der Waals surface area (Å²) in [4.78, 5) is 20.5. The average molecular weight is 276 g/mol. The Hall–Kier alpha value is -2.12. The monoisotopic (exact) mass is 276 g/mol. The number of benzene rings is 1. The van der Waals surface area contributed by atoms with Crippen LogP contribution in [0.1, 0.15) is 12.5 Å². The van der Waals surface area contributed by atoms with E-state index in [0.717, 1.165) is 0 Å². The Bertz CT molecular complexity index is 471. The molecule has 1 rings (SSSR count). The van der Waals surface area contributed by atoms with Crippen LogP contribution in [0.15, 0.2) is 24.3 Å². The van der Waals surface area contributed by atoms with Crippen molar-refractivity contribution in [1.82, 2.24) is 5.32 Å². The first kappa shape index (κ1) is 14.9. The lowest BCUT2D eigenvalue weighted by atomic mass is 10.1. The number of amides is 1. The van der Waals surface area contributed by atoms with Gasteiger partial charge in [0.15, 0.2) is 0 Å². The number of non-ortho nitro benzene ring substituents is 1. The molecule has 1 aromatic rings. The highest BCUT2D eigenvalue weighted by Crippen LogP contribution is 2.16. The fraction of sp³-hybridized carbons (Fsp3) is 0.364. The predicted octanol–water partition coefficient (Wildman–Crippen LogP) is 2.20. The first-order chi connectivity index (χ1) is 8.70. The van der Waals surface area contributed by atoms with E-state index in [-0.39, 0.29) is 12.1 Å². The maximum absolute atomic E-state index is 12.0. The summed E-state index contributed by atoms with van der Waals surface area (Å²) in [6.07, 6.45) is -4.76. The van der Waals surface area contributed by atoms with Crippen LogP contribution in [0.2, 0.25) is 0 Å². The van der Waals surface area contributed by atoms with E-state index < -0.39 is 23.0 Å². The van der Waals surface area contributed by atoms with Crippen LogP contribution >= 0.6 is 0 Å². The van der Waals surface area contributed by atoms with Crippen molar-refractivity contribution in [3.8, 4) is 0 Å². The molecule has 1 atom stereocenters. The molecule has 0 aliphatic rings. The van der Waals surface area contributed by atoms with Crippen LogP contribution in [0, 0.1) is 10.1 Å². The van der Waals surface area contributed by atoms with Crippen LogP contribution < -0.4 is 5.32 Å². The minimum absolute atomic E-state index is 0.101. The predicted molar refractivity (Wildman–Crippen MR) is 60.5 cm³/mol. The van der Waals surface area contributed by atoms with Crippen molar-refractivity contribution < 1.29 is 22.9 Å². The first-order valence-corrected chi connectivity index (χ1v) is 5.31. The standard InChI is InChI=1S/C11H11F3N2O3/c1-7(15-10(17)11(12,13)14)6-8-2-4-9(5-3-8)16(18)19/h2-5,7H,6H2,1H3,(H,15,17)/t7-/m0/s1. The van der Waals surface area contributed by atoms with E-state index in [9.17, 15) is 28.1 Å². The number of nitro benzene ring substituents is 1. The van der Waals surface area contributed by atoms with Crippen LogP contribution in [-0.2, 0) is 11.2 Å². The number of carbonyl (C=O) groups is 1. The van der Waals surface area contributed by atoms with Gasteiger partial charge in [-0.15, -0.1) is 0 Å². The number of nitro groups is 1. The lowest BCUT2D eigenvalue weighted by Gasteiger charge is -2.15. The maximum Gasteiger partial charge on any atom is 0.471 e. The smallest absolute Gasteiger partial charge is 0.345 e. The first-order valence-electron chi connectivity index (χ1n) is 5.31. The molecule has 0 aromatic heterocycles. The molecule has 0 fully saturated rings. The van der Waals surface area contributed by atoms with Gasteiger partial charge in [-0.2, -0.15) is 13.2 Å². The second-order valence-electron chi connectivity index (χ2n) is 4.00. The summed E-state index contributed by atoms with van der Waals surface area (Å²) in [6.45, 7) is 1.42. The van der Waals surface area contributed by atoms with Crippen molar-refractivity contribution in [3.63, 3.8) is 0 Å². The van der Waals surface area contributed by atoms with Crippen molar-refractivity contribution in [2.24, 2.45) is 0 Å². The third kappa shape index (κ3) is 4.57. The SMILES string of the molecule is C[C@@H](Cc1ccc([N+](=O)[O-])cc1)NC(=O)C(F)(F)F. The van der Waals surface area contributed by atoms with Crippen molar-refractivity contribution in [1.29, 1.82) is 0 Å². The van der Waals surface area contributed by atoms with Gasteiger partial charge in [-0.05, 0) is 18.9 Å². The third-order valence-corrected chi connectivity index (χ3v) is 2.32. The number of hydrogen-bond acceptors (Lipinski definition) is 3. The van der Waals surface area contributed by atoms with Crippen molar-refractivity contribution in [2.75, 3.05) is 0 Å². The Balaban J connectivity index is 2.60. The molecule has 19 heavy (non-hydrogen) atoms. The van der Waals surface area contributed by atoms with E-state index in [1.165, 1.54) is 31.2 Å². The number of nitrogens with one attached hydrogen (secondary N) is 1. The lowest BCUT2D eigenvalue weighted by molar-refractivity contribution is -0.384. The van der Waals surface area contributed by atoms with Crippen molar-refractivity contribution in [3.05, 3.63) is 39.9 Å². The average Bonchev–Trinajstić information content (AvgIpc) is 2.28. The largest absolute Gasteiger partial charge is 0.471 e. The van der Waals surface area contributed by atoms with Gasteiger partial charge >= 0.3 is 12.1 Å². The molecule has 0 spiro atoms. The zero-order valence-electron chi connectivity index (χ0n) is 9.90. The number of alkyl halides is 3. The Morgan fingerprint density at radius 2 is 1.89 bits per heavy atom. The molecule has 0 aliphatic heterocycles. The molecule has 0 bridgehead atoms. The second-order valence-corrected chi connectivity index (χ2v) is 4.00. The van der Waals surface area contributed by atoms with Crippen LogP contribution in [0.3, 0.4) is 0 Å². The molecule has 0 radical (unpaired) electrons. The molecular weight excluding hydrogens is 265 g/mol. The van der Waals surface area contributed by atoms with E-state index in [0.29, 0.717) is 5.56 Å². The van der Waals surface area contributed by atoms with Gasteiger partial charge in [0.1, 0.15) is 0 Å². The van der Waals surface area contributed by atoms with Gasteiger partial charge < -0.3 is 5.32 Å². The normalized spacial score (nSPS) is 12.8. The van der Waals surface area contributed by atoms with E-state index in [1.807, 2.05) is 5.32 Å². The molecule has 1 N–H and O–H groups in total. The zero-order chi connectivity index (χ0) is 14.6. The molecule has 0 saturated heterocycles. The number of rotatable bonds is 4. The van der Waals surface area contributed by atoms with Gasteiger partial charge in [-0.1, -0.05) is 12.1 Å². The Labute approximate surface area is 106 Å². The molecular formula is C11H11F3N2O3. The molecule has 1 amide bonds. The van der Waals surface area contributed by atoms with E-state index in [1.54, 1.807) is 0 Å². The number of hydrogen-bond donors (Lipinski definition) is 1. The fourth-order valence-corrected chi connectivity index (χ4v) is 1.46. The third-order valence-electron chi connectivity index (χ3n) is 2.32. The van der Waals surface area contributed by atoms with Gasteiger partial charge in [-0.25, -0.2) is 0 Å². The highest BCUT2D eigenvalue weighted by Gasteiger charge is 2.39. The fourth-order valence-electron chi connectivity index (χ4n) is 1.46. The zero-order valence-corrected chi connectivity index (χ0v) is 9.90. The summed E-state index contributed by atoms with van der Waals surface area (Å²) in [7, 11) is 0. The summed E-state index contributed by atoms with van der Waals surface area (Å²) in [5, 5.41) is 12.2. The van der Waals surface area contributed by atoms with Crippen molar-refractivity contribution >= 4 is 11.6 Å². The van der Waals surface area contributed by atoms with E-state index in [4.69, 9.17) is 0 Å². The second kappa shape index (κ2) is 5.68. The van der Waals surface area contributed by atoms with E-state index in [2.05, 4.69) is 0 Å². The highest BCUT2D eigenvalue weighted by molar-refractivity contribution is 5.81. The Morgan fingerprint density at radius 3 is 2.32 bits per heavy atom. The molecule has 8 heteroatoms. The minimum atomic E-state index is -4.91. The number of carbonyl (C=O) groups excluding carboxylic acids is 1. The molecule has 0 heterocycles. The van der Waals surface area contributed by atoms with Gasteiger partial charge in [0.25, 0.3) is 5.69 Å². The van der Waals surface area contributed by atoms with Gasteiger partial charge in [-0.3, -0.25) is 14.9 Å². The lowest BCUT2D eigenvalue weighted by Crippen LogP contribution is -2.42. The van der Waals surface area contributed by atoms with Gasteiger partial charge in [0.2, 0.25) is 0 Å². The summed E-state index contributed by atoms with van der Waals surface area (Å²) >= 11 is 0. The van der Waals surface area contributed by atoms with E-state index >= 15 is 0 Å². The molecule has 5 nitrogen and oxygen atoms in total. The number of nitrogens with zero attached hydrogens (tertiary/aromatic N) is 1. The molecule has 104 valence electrons.